The lowest BCUT2D eigenvalue weighted by molar-refractivity contribution is -0.117. The average Bonchev–Trinajstić information content (AvgIpc) is 3.02. The quantitative estimate of drug-likeness (QED) is 0.557. The van der Waals surface area contributed by atoms with Crippen LogP contribution in [0.1, 0.15) is 22.4 Å². The number of aromatic nitrogens is 1. The van der Waals surface area contributed by atoms with Gasteiger partial charge in [-0.2, -0.15) is 5.26 Å². The molecule has 0 bridgehead atoms. The number of likely N-dealkylation sites (N-methyl/N-ethyl adjacent to an activating group) is 1. The van der Waals surface area contributed by atoms with Gasteiger partial charge in [-0.05, 0) is 50.7 Å². The number of methoxy groups -OCH3 is 2. The largest absolute Gasteiger partial charge is 0.493 e. The number of carbonyl (C=O) groups excluding carboxylic acids is 1. The van der Waals surface area contributed by atoms with Crippen LogP contribution in [-0.4, -0.2) is 43.2 Å². The van der Waals surface area contributed by atoms with Gasteiger partial charge in [0.05, 0.1) is 32.0 Å². The summed E-state index contributed by atoms with van der Waals surface area (Å²) in [5.74, 6) is 0.859. The van der Waals surface area contributed by atoms with E-state index in [1.54, 1.807) is 37.8 Å². The third-order valence-corrected chi connectivity index (χ3v) is 5.49. The van der Waals surface area contributed by atoms with E-state index in [2.05, 4.69) is 11.4 Å². The molecule has 33 heavy (non-hydrogen) atoms. The molecule has 0 unspecified atom stereocenters. The van der Waals surface area contributed by atoms with Gasteiger partial charge in [0.2, 0.25) is 5.91 Å². The third-order valence-electron chi connectivity index (χ3n) is 5.49. The molecule has 1 heterocycles. The molecule has 0 aliphatic carbocycles. The fourth-order valence-corrected chi connectivity index (χ4v) is 3.84. The van der Waals surface area contributed by atoms with Crippen LogP contribution < -0.4 is 14.8 Å². The number of hydrogen-bond donors (Lipinski definition) is 1. The van der Waals surface area contributed by atoms with E-state index in [-0.39, 0.29) is 12.5 Å². The van der Waals surface area contributed by atoms with Crippen molar-refractivity contribution in [3.8, 4) is 23.3 Å². The number of rotatable bonds is 8. The molecule has 7 nitrogen and oxygen atoms in total. The lowest BCUT2D eigenvalue weighted by Gasteiger charge is -2.20. The number of halogens is 1. The zero-order valence-electron chi connectivity index (χ0n) is 19.4. The van der Waals surface area contributed by atoms with E-state index in [0.717, 1.165) is 16.8 Å². The van der Waals surface area contributed by atoms with E-state index in [4.69, 9.17) is 9.47 Å². The minimum atomic E-state index is -0.402. The van der Waals surface area contributed by atoms with E-state index < -0.39 is 5.82 Å². The molecular weight excluding hydrogens is 423 g/mol. The minimum Gasteiger partial charge on any atom is -0.493 e. The summed E-state index contributed by atoms with van der Waals surface area (Å²) in [6.45, 7) is 4.15. The van der Waals surface area contributed by atoms with Crippen molar-refractivity contribution in [1.82, 2.24) is 9.47 Å². The molecule has 0 atom stereocenters. The molecule has 3 rings (SSSR count). The lowest BCUT2D eigenvalue weighted by atomic mass is 10.1. The van der Waals surface area contributed by atoms with Gasteiger partial charge >= 0.3 is 0 Å². The van der Waals surface area contributed by atoms with Gasteiger partial charge in [0, 0.05) is 17.8 Å². The highest BCUT2D eigenvalue weighted by atomic mass is 19.1. The van der Waals surface area contributed by atoms with Crippen molar-refractivity contribution < 1.29 is 18.7 Å². The highest BCUT2D eigenvalue weighted by Crippen LogP contribution is 2.32. The van der Waals surface area contributed by atoms with Crippen molar-refractivity contribution >= 4 is 11.7 Å². The van der Waals surface area contributed by atoms with Crippen molar-refractivity contribution in [3.63, 3.8) is 0 Å². The van der Waals surface area contributed by atoms with Crippen molar-refractivity contribution in [1.29, 1.82) is 5.26 Å². The summed E-state index contributed by atoms with van der Waals surface area (Å²) in [5, 5.41) is 12.6. The average molecular weight is 451 g/mol. The van der Waals surface area contributed by atoms with Gasteiger partial charge in [0.1, 0.15) is 17.7 Å². The molecule has 0 aliphatic heterocycles. The fourth-order valence-electron chi connectivity index (χ4n) is 3.84. The number of nitriles is 1. The Morgan fingerprint density at radius 1 is 1.18 bits per heavy atom. The lowest BCUT2D eigenvalue weighted by Crippen LogP contribution is -2.30. The first-order valence-corrected chi connectivity index (χ1v) is 10.4. The van der Waals surface area contributed by atoms with Gasteiger partial charge in [-0.3, -0.25) is 14.3 Å². The number of nitrogens with one attached hydrogen (secondary N) is 1. The van der Waals surface area contributed by atoms with Gasteiger partial charge in [-0.15, -0.1) is 0 Å². The number of ether oxygens (including phenoxy) is 2. The zero-order valence-corrected chi connectivity index (χ0v) is 19.4. The summed E-state index contributed by atoms with van der Waals surface area (Å²) in [4.78, 5) is 14.8. The highest BCUT2D eigenvalue weighted by molar-refractivity contribution is 5.93. The maximum absolute atomic E-state index is 13.9. The predicted molar refractivity (Wildman–Crippen MR) is 124 cm³/mol. The second kappa shape index (κ2) is 10.2. The van der Waals surface area contributed by atoms with Crippen LogP contribution in [0.2, 0.25) is 0 Å². The molecule has 0 saturated heterocycles. The first-order chi connectivity index (χ1) is 15.8. The minimum absolute atomic E-state index is 0.0671. The standard InChI is InChI=1S/C25H27FN4O3/c1-16-17(2)30(20-10-7-9-19(26)12-20)25(21(16)13-27)28-23(31)15-29(3)14-18-8-6-11-22(32-4)24(18)33-5/h6-12H,14-15H2,1-5H3,(H,28,31). The molecule has 1 amide bonds. The number of hydrogen-bond acceptors (Lipinski definition) is 5. The molecule has 0 spiro atoms. The second-order valence-electron chi connectivity index (χ2n) is 7.73. The molecule has 0 aliphatic rings. The maximum atomic E-state index is 13.9. The number of carbonyl (C=O) groups is 1. The smallest absolute Gasteiger partial charge is 0.239 e. The van der Waals surface area contributed by atoms with E-state index in [1.165, 1.54) is 12.1 Å². The molecule has 0 radical (unpaired) electrons. The van der Waals surface area contributed by atoms with Gasteiger partial charge in [-0.25, -0.2) is 4.39 Å². The number of para-hydroxylation sites is 1. The van der Waals surface area contributed by atoms with Crippen molar-refractivity contribution in [2.45, 2.75) is 20.4 Å². The van der Waals surface area contributed by atoms with Crippen LogP contribution in [0.4, 0.5) is 10.2 Å². The first kappa shape index (κ1) is 23.8. The van der Waals surface area contributed by atoms with E-state index >= 15 is 0 Å². The van der Waals surface area contributed by atoms with Crippen molar-refractivity contribution in [2.24, 2.45) is 0 Å². The summed E-state index contributed by atoms with van der Waals surface area (Å²) in [5.41, 5.74) is 3.23. The van der Waals surface area contributed by atoms with Crippen LogP contribution in [0.15, 0.2) is 42.5 Å². The van der Waals surface area contributed by atoms with Gasteiger partial charge in [0.15, 0.2) is 11.5 Å². The Morgan fingerprint density at radius 3 is 2.55 bits per heavy atom. The number of amides is 1. The van der Waals surface area contributed by atoms with E-state index in [0.29, 0.717) is 35.1 Å². The predicted octanol–water partition coefficient (Wildman–Crippen LogP) is 4.19. The third kappa shape index (κ3) is 4.99. The normalized spacial score (nSPS) is 10.7. The molecule has 2 aromatic carbocycles. The van der Waals surface area contributed by atoms with Crippen molar-refractivity contribution in [2.75, 3.05) is 33.1 Å². The monoisotopic (exact) mass is 450 g/mol. The SMILES string of the molecule is COc1cccc(CN(C)CC(=O)Nc2c(C#N)c(C)c(C)n2-c2cccc(F)c2)c1OC. The zero-order chi connectivity index (χ0) is 24.1. The number of anilines is 1. The summed E-state index contributed by atoms with van der Waals surface area (Å²) in [6, 6.07) is 13.8. The Morgan fingerprint density at radius 2 is 1.91 bits per heavy atom. The molecule has 1 aromatic heterocycles. The van der Waals surface area contributed by atoms with Crippen LogP contribution in [0.25, 0.3) is 5.69 Å². The van der Waals surface area contributed by atoms with Gasteiger partial charge in [-0.1, -0.05) is 18.2 Å². The molecule has 1 N–H and O–H groups in total. The maximum Gasteiger partial charge on any atom is 0.239 e. The van der Waals surface area contributed by atoms with Crippen LogP contribution in [-0.2, 0) is 11.3 Å². The molecule has 172 valence electrons. The Balaban J connectivity index is 1.84. The Kier molecular flexibility index (Phi) is 7.36. The topological polar surface area (TPSA) is 79.5 Å². The Labute approximate surface area is 193 Å². The molecule has 0 saturated carbocycles. The molecule has 8 heteroatoms. The Hall–Kier alpha value is -3.83. The van der Waals surface area contributed by atoms with Crippen LogP contribution in [0.5, 0.6) is 11.5 Å². The number of benzene rings is 2. The fraction of sp³-hybridized carbons (Fsp3) is 0.280. The highest BCUT2D eigenvalue weighted by Gasteiger charge is 2.22. The molecule has 0 fully saturated rings. The Bertz CT molecular complexity index is 1210. The van der Waals surface area contributed by atoms with Gasteiger partial charge in [0.25, 0.3) is 0 Å². The van der Waals surface area contributed by atoms with Crippen LogP contribution in [0.3, 0.4) is 0 Å². The number of nitrogens with zero attached hydrogens (tertiary/aromatic N) is 3. The summed E-state index contributed by atoms with van der Waals surface area (Å²) in [7, 11) is 4.96. The van der Waals surface area contributed by atoms with Crippen LogP contribution >= 0.6 is 0 Å². The van der Waals surface area contributed by atoms with E-state index in [1.807, 2.05) is 37.1 Å². The van der Waals surface area contributed by atoms with Crippen LogP contribution in [0, 0.1) is 31.0 Å². The van der Waals surface area contributed by atoms with Gasteiger partial charge < -0.3 is 14.8 Å². The first-order valence-electron chi connectivity index (χ1n) is 10.4. The summed E-state index contributed by atoms with van der Waals surface area (Å²) < 4.78 is 26.4. The van der Waals surface area contributed by atoms with Crippen molar-refractivity contribution in [3.05, 3.63) is 70.7 Å². The second-order valence-corrected chi connectivity index (χ2v) is 7.73. The molecule has 3 aromatic rings. The van der Waals surface area contributed by atoms with E-state index in [9.17, 15) is 14.4 Å². The summed E-state index contributed by atoms with van der Waals surface area (Å²) in [6.07, 6.45) is 0. The molecular formula is C25H27FN4O3. The summed E-state index contributed by atoms with van der Waals surface area (Å²) >= 11 is 0.